The third-order valence-corrected chi connectivity index (χ3v) is 4.25. The van der Waals surface area contributed by atoms with Crippen LogP contribution in [0.25, 0.3) is 0 Å². The van der Waals surface area contributed by atoms with Crippen LogP contribution in [0.3, 0.4) is 0 Å². The topological polar surface area (TPSA) is 214 Å². The number of aliphatic hydroxyl groups is 2. The Labute approximate surface area is 165 Å². The Kier molecular flexibility index (Phi) is 9.44. The van der Waals surface area contributed by atoms with E-state index in [1.54, 1.807) is 0 Å². The predicted molar refractivity (Wildman–Crippen MR) is 95.5 cm³/mol. The first-order valence-corrected chi connectivity index (χ1v) is 8.94. The molecule has 1 heterocycles. The van der Waals surface area contributed by atoms with Gasteiger partial charge in [-0.1, -0.05) is 0 Å². The number of rotatable bonds is 11. The second-order valence-corrected chi connectivity index (χ2v) is 6.62. The summed E-state index contributed by atoms with van der Waals surface area (Å²) in [5.74, 6) is -5.64. The number of nitrogens with one attached hydrogen (secondary N) is 4. The van der Waals surface area contributed by atoms with E-state index in [1.807, 2.05) is 5.32 Å². The van der Waals surface area contributed by atoms with E-state index in [0.29, 0.717) is 13.0 Å². The summed E-state index contributed by atoms with van der Waals surface area (Å²) < 4.78 is 0. The standard InChI is InChI=1S/C16H26N4O9/c1-7(22)12(16(28)29)20-15(27)10(6-21)19-14(26)9(5-11(23)24)18-13(25)8-3-2-4-17-8/h7-10,12,17,21-22H,2-6H2,1H3,(H,18,25)(H,19,26)(H,20,27)(H,23,24)(H,28,29). The van der Waals surface area contributed by atoms with Crippen LogP contribution in [0.15, 0.2) is 0 Å². The van der Waals surface area contributed by atoms with Gasteiger partial charge in [0.25, 0.3) is 0 Å². The molecular formula is C16H26N4O9. The summed E-state index contributed by atoms with van der Waals surface area (Å²) in [6, 6.07) is -5.40. The largest absolute Gasteiger partial charge is 0.481 e. The van der Waals surface area contributed by atoms with Crippen LogP contribution in [0.4, 0.5) is 0 Å². The summed E-state index contributed by atoms with van der Waals surface area (Å²) in [6.45, 7) is 0.803. The SMILES string of the molecule is CC(O)C(NC(=O)C(CO)NC(=O)C(CC(=O)O)NC(=O)C1CCCN1)C(=O)O. The van der Waals surface area contributed by atoms with Crippen molar-refractivity contribution in [3.05, 3.63) is 0 Å². The van der Waals surface area contributed by atoms with E-state index in [9.17, 15) is 34.2 Å². The highest BCUT2D eigenvalue weighted by Crippen LogP contribution is 2.06. The molecule has 29 heavy (non-hydrogen) atoms. The molecule has 1 saturated heterocycles. The van der Waals surface area contributed by atoms with Gasteiger partial charge in [-0.3, -0.25) is 19.2 Å². The number of hydrogen-bond acceptors (Lipinski definition) is 8. The molecule has 5 unspecified atom stereocenters. The number of aliphatic carboxylic acids is 2. The van der Waals surface area contributed by atoms with E-state index in [-0.39, 0.29) is 0 Å². The van der Waals surface area contributed by atoms with Gasteiger partial charge in [0.05, 0.1) is 25.2 Å². The molecule has 13 heteroatoms. The van der Waals surface area contributed by atoms with E-state index in [4.69, 9.17) is 10.2 Å². The number of carbonyl (C=O) groups is 5. The third kappa shape index (κ3) is 7.63. The van der Waals surface area contributed by atoms with Crippen molar-refractivity contribution in [3.8, 4) is 0 Å². The van der Waals surface area contributed by atoms with E-state index in [0.717, 1.165) is 13.3 Å². The van der Waals surface area contributed by atoms with E-state index >= 15 is 0 Å². The van der Waals surface area contributed by atoms with Gasteiger partial charge in [-0.05, 0) is 26.3 Å². The molecule has 8 N–H and O–H groups in total. The zero-order valence-electron chi connectivity index (χ0n) is 15.8. The van der Waals surface area contributed by atoms with Crippen LogP contribution < -0.4 is 21.3 Å². The quantitative estimate of drug-likeness (QED) is 0.163. The average molecular weight is 418 g/mol. The van der Waals surface area contributed by atoms with Gasteiger partial charge in [0.1, 0.15) is 12.1 Å². The minimum absolute atomic E-state index is 0.519. The van der Waals surface area contributed by atoms with Crippen molar-refractivity contribution < 1.29 is 44.4 Å². The molecule has 0 aromatic carbocycles. The Hall–Kier alpha value is -2.77. The van der Waals surface area contributed by atoms with Gasteiger partial charge < -0.3 is 41.7 Å². The second-order valence-electron chi connectivity index (χ2n) is 6.62. The molecule has 0 aliphatic carbocycles. The Morgan fingerprint density at radius 1 is 1.03 bits per heavy atom. The number of aliphatic hydroxyl groups excluding tert-OH is 2. The van der Waals surface area contributed by atoms with Crippen molar-refractivity contribution in [3.63, 3.8) is 0 Å². The first kappa shape index (κ1) is 24.3. The van der Waals surface area contributed by atoms with Crippen LogP contribution in [0.5, 0.6) is 0 Å². The second kappa shape index (κ2) is 11.3. The lowest BCUT2D eigenvalue weighted by Gasteiger charge is -2.24. The molecule has 1 aliphatic heterocycles. The summed E-state index contributed by atoms with van der Waals surface area (Å²) in [4.78, 5) is 58.8. The maximum Gasteiger partial charge on any atom is 0.328 e. The van der Waals surface area contributed by atoms with Gasteiger partial charge in [0.2, 0.25) is 17.7 Å². The maximum absolute atomic E-state index is 12.4. The lowest BCUT2D eigenvalue weighted by atomic mass is 10.1. The molecule has 5 atom stereocenters. The maximum atomic E-state index is 12.4. The van der Waals surface area contributed by atoms with Crippen molar-refractivity contribution in [2.45, 2.75) is 56.5 Å². The van der Waals surface area contributed by atoms with E-state index in [1.165, 1.54) is 0 Å². The molecule has 164 valence electrons. The van der Waals surface area contributed by atoms with Gasteiger partial charge >= 0.3 is 11.9 Å². The summed E-state index contributed by atoms with van der Waals surface area (Å²) in [6.07, 6.45) is -0.959. The zero-order valence-corrected chi connectivity index (χ0v) is 15.8. The van der Waals surface area contributed by atoms with Gasteiger partial charge in [-0.15, -0.1) is 0 Å². The normalized spacial score (nSPS) is 20.0. The van der Waals surface area contributed by atoms with E-state index < -0.39 is 73.0 Å². The lowest BCUT2D eigenvalue weighted by Crippen LogP contribution is -2.59. The minimum Gasteiger partial charge on any atom is -0.481 e. The summed E-state index contributed by atoms with van der Waals surface area (Å²) >= 11 is 0. The first-order valence-electron chi connectivity index (χ1n) is 8.94. The Bertz CT molecular complexity index is 634. The Morgan fingerprint density at radius 2 is 1.66 bits per heavy atom. The van der Waals surface area contributed by atoms with Crippen LogP contribution in [-0.4, -0.2) is 93.5 Å². The first-order chi connectivity index (χ1) is 13.6. The molecule has 0 spiro atoms. The average Bonchev–Trinajstić information content (AvgIpc) is 3.16. The molecule has 1 aliphatic rings. The number of carboxylic acids is 2. The van der Waals surface area contributed by atoms with Crippen LogP contribution in [-0.2, 0) is 24.0 Å². The molecule has 13 nitrogen and oxygen atoms in total. The summed E-state index contributed by atoms with van der Waals surface area (Å²) in [5.41, 5.74) is 0. The smallest absolute Gasteiger partial charge is 0.328 e. The van der Waals surface area contributed by atoms with Crippen LogP contribution in [0.2, 0.25) is 0 Å². The molecule has 0 bridgehead atoms. The van der Waals surface area contributed by atoms with Crippen molar-refractivity contribution >= 4 is 29.7 Å². The molecule has 1 rings (SSSR count). The molecule has 0 aromatic rings. The van der Waals surface area contributed by atoms with E-state index in [2.05, 4.69) is 16.0 Å². The molecule has 0 saturated carbocycles. The molecule has 0 aromatic heterocycles. The lowest BCUT2D eigenvalue weighted by molar-refractivity contribution is -0.146. The number of carbonyl (C=O) groups excluding carboxylic acids is 3. The monoisotopic (exact) mass is 418 g/mol. The molecule has 3 amide bonds. The van der Waals surface area contributed by atoms with Crippen LogP contribution >= 0.6 is 0 Å². The summed E-state index contributed by atoms with van der Waals surface area (Å²) in [5, 5.41) is 45.9. The van der Waals surface area contributed by atoms with Crippen molar-refractivity contribution in [1.29, 1.82) is 0 Å². The molecular weight excluding hydrogens is 392 g/mol. The fraction of sp³-hybridized carbons (Fsp3) is 0.688. The number of hydrogen-bond donors (Lipinski definition) is 8. The van der Waals surface area contributed by atoms with Crippen molar-refractivity contribution in [2.75, 3.05) is 13.2 Å². The van der Waals surface area contributed by atoms with Gasteiger partial charge in [-0.25, -0.2) is 4.79 Å². The van der Waals surface area contributed by atoms with Gasteiger partial charge in [0.15, 0.2) is 6.04 Å². The highest BCUT2D eigenvalue weighted by molar-refractivity contribution is 5.95. The molecule has 0 radical (unpaired) electrons. The van der Waals surface area contributed by atoms with Crippen LogP contribution in [0.1, 0.15) is 26.2 Å². The highest BCUT2D eigenvalue weighted by Gasteiger charge is 2.33. The number of amides is 3. The molecule has 1 fully saturated rings. The predicted octanol–water partition coefficient (Wildman–Crippen LogP) is -3.87. The van der Waals surface area contributed by atoms with Crippen molar-refractivity contribution in [1.82, 2.24) is 21.3 Å². The Morgan fingerprint density at radius 3 is 2.10 bits per heavy atom. The Balaban J connectivity index is 2.80. The fourth-order valence-corrected chi connectivity index (χ4v) is 2.67. The summed E-state index contributed by atoms with van der Waals surface area (Å²) in [7, 11) is 0. The highest BCUT2D eigenvalue weighted by atomic mass is 16.4. The van der Waals surface area contributed by atoms with Crippen molar-refractivity contribution in [2.24, 2.45) is 0 Å². The van der Waals surface area contributed by atoms with Gasteiger partial charge in [0, 0.05) is 0 Å². The van der Waals surface area contributed by atoms with Crippen LogP contribution in [0, 0.1) is 0 Å². The third-order valence-electron chi connectivity index (χ3n) is 4.25. The zero-order chi connectivity index (χ0) is 22.1. The minimum atomic E-state index is -1.68. The fourth-order valence-electron chi connectivity index (χ4n) is 2.67. The number of carboxylic acid groups (broad SMARTS) is 2. The van der Waals surface area contributed by atoms with Gasteiger partial charge in [-0.2, -0.15) is 0 Å².